The van der Waals surface area contributed by atoms with Gasteiger partial charge < -0.3 is 29.9 Å². The summed E-state index contributed by atoms with van der Waals surface area (Å²) in [5, 5.41) is 23.5. The second-order valence-electron chi connectivity index (χ2n) is 10.5. The van der Waals surface area contributed by atoms with Crippen molar-refractivity contribution in [1.82, 2.24) is 19.8 Å². The summed E-state index contributed by atoms with van der Waals surface area (Å²) in [6, 6.07) is 7.45. The molecule has 5 rings (SSSR count). The normalized spacial score (nSPS) is 22.3. The predicted octanol–water partition coefficient (Wildman–Crippen LogP) is 1.02. The summed E-state index contributed by atoms with van der Waals surface area (Å²) in [4.78, 5) is 40.2. The first-order valence-electron chi connectivity index (χ1n) is 13.2. The van der Waals surface area contributed by atoms with Crippen LogP contribution in [0, 0.1) is 11.3 Å². The highest BCUT2D eigenvalue weighted by molar-refractivity contribution is 5.80. The Kier molecular flexibility index (Phi) is 7.65. The average Bonchev–Trinajstić information content (AvgIpc) is 3.59. The van der Waals surface area contributed by atoms with Gasteiger partial charge in [0.2, 0.25) is 12.3 Å². The molecule has 2 unspecified atom stereocenters. The number of piperazine rings is 1. The average molecular weight is 535 g/mol. The number of aliphatic hydroxyl groups is 1. The molecule has 3 fully saturated rings. The van der Waals surface area contributed by atoms with Crippen LogP contribution in [-0.4, -0.2) is 102 Å². The lowest BCUT2D eigenvalue weighted by Gasteiger charge is -2.32. The van der Waals surface area contributed by atoms with Crippen LogP contribution < -0.4 is 15.1 Å². The van der Waals surface area contributed by atoms with Crippen LogP contribution in [0.2, 0.25) is 0 Å². The van der Waals surface area contributed by atoms with Gasteiger partial charge in [0.05, 0.1) is 23.4 Å². The van der Waals surface area contributed by atoms with Crippen LogP contribution in [-0.2, 0) is 16.1 Å². The van der Waals surface area contributed by atoms with Crippen LogP contribution in [0.15, 0.2) is 24.4 Å². The predicted molar refractivity (Wildman–Crippen MR) is 144 cm³/mol. The van der Waals surface area contributed by atoms with Gasteiger partial charge in [-0.2, -0.15) is 5.26 Å². The summed E-state index contributed by atoms with van der Waals surface area (Å²) >= 11 is 0. The van der Waals surface area contributed by atoms with Crippen LogP contribution in [0.5, 0.6) is 0 Å². The molecule has 2 aromatic rings. The largest absolute Gasteiger partial charge is 0.373 e. The van der Waals surface area contributed by atoms with E-state index in [1.807, 2.05) is 11.9 Å². The number of ether oxygens (including phenoxy) is 1. The minimum Gasteiger partial charge on any atom is -0.373 e. The van der Waals surface area contributed by atoms with Crippen molar-refractivity contribution in [3.63, 3.8) is 0 Å². The van der Waals surface area contributed by atoms with Gasteiger partial charge in [-0.05, 0) is 32.4 Å². The quantitative estimate of drug-likeness (QED) is 0.371. The highest BCUT2D eigenvalue weighted by Crippen LogP contribution is 2.38. The van der Waals surface area contributed by atoms with E-state index >= 15 is 0 Å². The van der Waals surface area contributed by atoms with Crippen molar-refractivity contribution >= 4 is 29.5 Å². The third-order valence-electron chi connectivity index (χ3n) is 7.83. The topological polar surface area (TPSA) is 138 Å². The monoisotopic (exact) mass is 534 g/mol. The molecule has 0 aromatic carbocycles. The van der Waals surface area contributed by atoms with Gasteiger partial charge in [-0.15, -0.1) is 0 Å². The smallest absolute Gasteiger partial charge is 0.237 e. The molecule has 1 amide bonds. The highest BCUT2D eigenvalue weighted by Gasteiger charge is 2.42. The summed E-state index contributed by atoms with van der Waals surface area (Å²) < 4.78 is 6.03. The molecule has 0 radical (unpaired) electrons. The van der Waals surface area contributed by atoms with E-state index in [1.54, 1.807) is 30.1 Å². The molecule has 5 heterocycles. The molecule has 1 spiro atoms. The van der Waals surface area contributed by atoms with Gasteiger partial charge >= 0.3 is 0 Å². The Morgan fingerprint density at radius 2 is 2.18 bits per heavy atom. The van der Waals surface area contributed by atoms with E-state index < -0.39 is 6.35 Å². The number of amides is 1. The van der Waals surface area contributed by atoms with Gasteiger partial charge in [-0.25, -0.2) is 9.97 Å². The van der Waals surface area contributed by atoms with Crippen molar-refractivity contribution in [2.45, 2.75) is 37.8 Å². The van der Waals surface area contributed by atoms with Gasteiger partial charge in [0.1, 0.15) is 23.4 Å². The number of pyridine rings is 2. The summed E-state index contributed by atoms with van der Waals surface area (Å²) in [6.07, 6.45) is 3.94. The maximum atomic E-state index is 12.4. The molecule has 0 saturated carbocycles. The number of carbonyl (C=O) groups excluding carboxylic acids is 2. The number of hydrogen-bond donors (Lipinski definition) is 2. The fourth-order valence-electron chi connectivity index (χ4n) is 5.48. The minimum absolute atomic E-state index is 0.00979. The first kappa shape index (κ1) is 26.8. The second-order valence-corrected chi connectivity index (χ2v) is 10.5. The van der Waals surface area contributed by atoms with Crippen LogP contribution in [0.4, 0.5) is 17.3 Å². The zero-order valence-corrected chi connectivity index (χ0v) is 22.3. The molecule has 0 aliphatic carbocycles. The number of anilines is 3. The summed E-state index contributed by atoms with van der Waals surface area (Å²) in [6.45, 7) is 4.28. The van der Waals surface area contributed by atoms with Crippen molar-refractivity contribution in [3.8, 4) is 6.07 Å². The van der Waals surface area contributed by atoms with Crippen molar-refractivity contribution < 1.29 is 19.4 Å². The number of hydrogen-bond acceptors (Lipinski definition) is 11. The first-order valence-corrected chi connectivity index (χ1v) is 13.2. The van der Waals surface area contributed by atoms with E-state index in [1.165, 1.54) is 11.1 Å². The Labute approximate surface area is 227 Å². The Hall–Kier alpha value is -3.79. The molecular formula is C27H34N8O4. The number of likely N-dealkylation sites (N-methyl/N-ethyl adjacent to an activating group) is 1. The summed E-state index contributed by atoms with van der Waals surface area (Å²) in [5.74, 6) is 0.785. The maximum absolute atomic E-state index is 12.4. The van der Waals surface area contributed by atoms with Crippen molar-refractivity contribution in [2.75, 3.05) is 68.5 Å². The lowest BCUT2D eigenvalue weighted by atomic mass is 10.00. The number of aldehydes is 1. The van der Waals surface area contributed by atoms with E-state index in [4.69, 9.17) is 4.74 Å². The second kappa shape index (κ2) is 11.1. The molecule has 12 nitrogen and oxygen atoms in total. The Morgan fingerprint density at radius 3 is 2.90 bits per heavy atom. The third kappa shape index (κ3) is 5.66. The minimum atomic E-state index is -1.21. The summed E-state index contributed by atoms with van der Waals surface area (Å²) in [7, 11) is 3.54. The van der Waals surface area contributed by atoms with Crippen molar-refractivity contribution in [1.29, 1.82) is 5.26 Å². The molecule has 206 valence electrons. The first-order chi connectivity index (χ1) is 18.8. The number of nitrogens with one attached hydrogen (secondary N) is 1. The van der Waals surface area contributed by atoms with Crippen molar-refractivity contribution in [3.05, 3.63) is 41.2 Å². The van der Waals surface area contributed by atoms with E-state index in [0.717, 1.165) is 51.2 Å². The maximum Gasteiger partial charge on any atom is 0.237 e. The molecule has 2 atom stereocenters. The Bertz CT molecular complexity index is 1270. The van der Waals surface area contributed by atoms with Crippen molar-refractivity contribution in [2.24, 2.45) is 0 Å². The molecule has 3 aliphatic heterocycles. The number of aromatic nitrogens is 2. The number of carbonyl (C=O) groups is 2. The van der Waals surface area contributed by atoms with Crippen LogP contribution in [0.3, 0.4) is 0 Å². The van der Waals surface area contributed by atoms with Crippen LogP contribution in [0.25, 0.3) is 0 Å². The van der Waals surface area contributed by atoms with Gasteiger partial charge in [0.25, 0.3) is 0 Å². The lowest BCUT2D eigenvalue weighted by Crippen LogP contribution is -2.48. The number of nitriles is 1. The highest BCUT2D eigenvalue weighted by atomic mass is 16.5. The zero-order chi connectivity index (χ0) is 27.6. The van der Waals surface area contributed by atoms with Gasteiger partial charge in [0, 0.05) is 64.2 Å². The summed E-state index contributed by atoms with van der Waals surface area (Å²) in [5.41, 5.74) is 1.94. The molecule has 3 saturated heterocycles. The number of nitrogens with zero attached hydrogens (tertiary/aromatic N) is 7. The van der Waals surface area contributed by atoms with Gasteiger partial charge in [0.15, 0.2) is 6.29 Å². The molecular weight excluding hydrogens is 500 g/mol. The Balaban J connectivity index is 1.28. The molecule has 2 N–H and O–H groups in total. The van der Waals surface area contributed by atoms with E-state index in [9.17, 15) is 20.0 Å². The van der Waals surface area contributed by atoms with Crippen LogP contribution in [0.1, 0.15) is 40.9 Å². The Morgan fingerprint density at radius 1 is 1.33 bits per heavy atom. The molecule has 3 aliphatic rings. The molecule has 39 heavy (non-hydrogen) atoms. The third-order valence-corrected chi connectivity index (χ3v) is 7.83. The number of aliphatic hydroxyl groups excluding tert-OH is 1. The molecule has 0 bridgehead atoms. The molecule has 2 aromatic heterocycles. The fraction of sp³-hybridized carbons (Fsp3) is 0.519. The van der Waals surface area contributed by atoms with Gasteiger partial charge in [-0.1, -0.05) is 6.07 Å². The van der Waals surface area contributed by atoms with Gasteiger partial charge in [-0.3, -0.25) is 14.5 Å². The standard InChI is InChI=1S/C27H34N8O4/c1-32-9-10-34(25(37)16-32)15-19-4-5-24(30-21(19)17-36)33(2)26(38)31-23-12-22(20(13-28)14-29-23)35-8-7-27(18-35)6-3-11-39-27/h4-5,12,14,17,26,38H,3,6-11,15-16,18H2,1-2H3,(H,29,31). The fourth-order valence-corrected chi connectivity index (χ4v) is 5.48. The molecule has 12 heteroatoms. The van der Waals surface area contributed by atoms with E-state index in [0.29, 0.717) is 48.7 Å². The number of rotatable bonds is 8. The lowest BCUT2D eigenvalue weighted by molar-refractivity contribution is -0.136. The van der Waals surface area contributed by atoms with E-state index in [2.05, 4.69) is 26.3 Å². The zero-order valence-electron chi connectivity index (χ0n) is 22.3. The van der Waals surface area contributed by atoms with Crippen LogP contribution >= 0.6 is 0 Å². The van der Waals surface area contributed by atoms with E-state index in [-0.39, 0.29) is 17.2 Å². The SMILES string of the molecule is CN1CCN(Cc2ccc(N(C)C(O)Nc3cc(N4CCC5(CCCO5)C4)c(C#N)cn3)nc2C=O)C(=O)C1.